The Labute approximate surface area is 204 Å². The number of sulfone groups is 1. The molecule has 12 heteroatoms. The van der Waals surface area contributed by atoms with Gasteiger partial charge in [0.25, 0.3) is 0 Å². The van der Waals surface area contributed by atoms with Gasteiger partial charge in [0.2, 0.25) is 0 Å². The van der Waals surface area contributed by atoms with Crippen LogP contribution in [0, 0.1) is 11.5 Å². The molecule has 1 aliphatic heterocycles. The van der Waals surface area contributed by atoms with E-state index in [9.17, 15) is 18.3 Å². The Hall–Kier alpha value is -3.27. The molecule has 4 rings (SSSR count). The van der Waals surface area contributed by atoms with Crippen LogP contribution < -0.4 is 15.5 Å². The van der Waals surface area contributed by atoms with E-state index >= 15 is 0 Å². The summed E-state index contributed by atoms with van der Waals surface area (Å²) in [4.78, 5) is 23.1. The summed E-state index contributed by atoms with van der Waals surface area (Å²) >= 11 is 0. The number of nitrogens with one attached hydrogen (secondary N) is 2. The molecule has 0 spiro atoms. The third-order valence-electron chi connectivity index (χ3n) is 6.28. The molecule has 0 unspecified atom stereocenters. The van der Waals surface area contributed by atoms with Gasteiger partial charge in [-0.05, 0) is 50.5 Å². The Morgan fingerprint density at radius 1 is 1.31 bits per heavy atom. The molecule has 1 aromatic carbocycles. The topological polar surface area (TPSA) is 158 Å². The number of urea groups is 1. The van der Waals surface area contributed by atoms with E-state index in [0.29, 0.717) is 61.2 Å². The SMILES string of the molecule is C[C@H]1COCCN1c1cc(C2(S(=O)(=O)CCCO)CC2)nc(-c2ccc(NC(=O)NC#N)cc2)n1. The smallest absolute Gasteiger partial charge is 0.332 e. The van der Waals surface area contributed by atoms with E-state index in [0.717, 1.165) is 0 Å². The van der Waals surface area contributed by atoms with Crippen LogP contribution in [0.4, 0.5) is 16.3 Å². The number of aliphatic hydroxyl groups excluding tert-OH is 1. The van der Waals surface area contributed by atoms with Crippen molar-refractivity contribution in [1.29, 1.82) is 5.26 Å². The number of rotatable bonds is 8. The van der Waals surface area contributed by atoms with Crippen molar-refractivity contribution in [3.63, 3.8) is 0 Å². The lowest BCUT2D eigenvalue weighted by Gasteiger charge is -2.34. The van der Waals surface area contributed by atoms with Crippen molar-refractivity contribution in [2.75, 3.05) is 42.3 Å². The summed E-state index contributed by atoms with van der Waals surface area (Å²) < 4.78 is 30.9. The first kappa shape index (κ1) is 24.8. The van der Waals surface area contributed by atoms with Gasteiger partial charge in [0.15, 0.2) is 21.9 Å². The molecule has 1 aromatic heterocycles. The average molecular weight is 501 g/mol. The first-order valence-corrected chi connectivity index (χ1v) is 13.1. The highest BCUT2D eigenvalue weighted by molar-refractivity contribution is 7.92. The van der Waals surface area contributed by atoms with Gasteiger partial charge in [-0.1, -0.05) is 0 Å². The molecule has 2 heterocycles. The summed E-state index contributed by atoms with van der Waals surface area (Å²) in [5.41, 5.74) is 1.60. The normalized spacial score (nSPS) is 19.0. The van der Waals surface area contributed by atoms with Crippen molar-refractivity contribution in [3.05, 3.63) is 36.0 Å². The lowest BCUT2D eigenvalue weighted by Crippen LogP contribution is -2.44. The van der Waals surface area contributed by atoms with Crippen LogP contribution in [0.5, 0.6) is 0 Å². The minimum Gasteiger partial charge on any atom is -0.396 e. The zero-order valence-corrected chi connectivity index (χ0v) is 20.2. The maximum Gasteiger partial charge on any atom is 0.332 e. The van der Waals surface area contributed by atoms with Gasteiger partial charge in [-0.2, -0.15) is 5.26 Å². The molecule has 2 aromatic rings. The zero-order chi connectivity index (χ0) is 25.1. The average Bonchev–Trinajstić information content (AvgIpc) is 3.66. The number of hydrogen-bond donors (Lipinski definition) is 3. The minimum absolute atomic E-state index is 0.0609. The number of morpholine rings is 1. The summed E-state index contributed by atoms with van der Waals surface area (Å²) in [6.07, 6.45) is 2.70. The highest BCUT2D eigenvalue weighted by Crippen LogP contribution is 2.53. The molecule has 0 radical (unpaired) electrons. The molecule has 3 N–H and O–H groups in total. The molecule has 2 fully saturated rings. The molecule has 1 saturated heterocycles. The van der Waals surface area contributed by atoms with Crippen LogP contribution in [0.1, 0.15) is 31.9 Å². The van der Waals surface area contributed by atoms with E-state index in [1.165, 1.54) is 0 Å². The Morgan fingerprint density at radius 3 is 2.69 bits per heavy atom. The predicted molar refractivity (Wildman–Crippen MR) is 129 cm³/mol. The highest BCUT2D eigenvalue weighted by Gasteiger charge is 2.56. The first-order chi connectivity index (χ1) is 16.8. The largest absolute Gasteiger partial charge is 0.396 e. The summed E-state index contributed by atoms with van der Waals surface area (Å²) in [6, 6.07) is 7.96. The summed E-state index contributed by atoms with van der Waals surface area (Å²) in [5, 5.41) is 22.3. The maximum atomic E-state index is 13.2. The van der Waals surface area contributed by atoms with Gasteiger partial charge < -0.3 is 20.1 Å². The van der Waals surface area contributed by atoms with Crippen LogP contribution in [0.3, 0.4) is 0 Å². The van der Waals surface area contributed by atoms with Gasteiger partial charge in [0.1, 0.15) is 10.6 Å². The summed E-state index contributed by atoms with van der Waals surface area (Å²) in [6.45, 7) is 3.55. The third kappa shape index (κ3) is 5.22. The predicted octanol–water partition coefficient (Wildman–Crippen LogP) is 1.76. The van der Waals surface area contributed by atoms with Crippen molar-refractivity contribution in [3.8, 4) is 17.6 Å². The van der Waals surface area contributed by atoms with Gasteiger partial charge >= 0.3 is 6.03 Å². The standard InChI is InChI=1S/C23H28N6O5S/c1-16-14-34-11-9-29(16)20-13-19(23(7-8-23)35(32,33)12-2-10-30)27-21(28-20)17-3-5-18(6-4-17)26-22(31)25-15-24/h3-6,13,16,30H,2,7-12,14H2,1H3,(H2,25,26,31)/t16-/m0/s1. The lowest BCUT2D eigenvalue weighted by molar-refractivity contribution is 0.0985. The van der Waals surface area contributed by atoms with Crippen molar-refractivity contribution < 1.29 is 23.1 Å². The Kier molecular flexibility index (Phi) is 7.20. The second-order valence-corrected chi connectivity index (χ2v) is 11.1. The van der Waals surface area contributed by atoms with Crippen molar-refractivity contribution in [2.24, 2.45) is 0 Å². The fourth-order valence-corrected chi connectivity index (χ4v) is 6.26. The molecule has 11 nitrogen and oxygen atoms in total. The number of nitriles is 1. The number of hydrogen-bond acceptors (Lipinski definition) is 9. The Morgan fingerprint density at radius 2 is 2.06 bits per heavy atom. The molecule has 1 aliphatic carbocycles. The summed E-state index contributed by atoms with van der Waals surface area (Å²) in [7, 11) is -3.52. The van der Waals surface area contributed by atoms with Gasteiger partial charge in [0.05, 0.1) is 30.7 Å². The molecule has 1 saturated carbocycles. The third-order valence-corrected chi connectivity index (χ3v) is 8.92. The van der Waals surface area contributed by atoms with Crippen LogP contribution in [-0.2, 0) is 19.3 Å². The quantitative estimate of drug-likeness (QED) is 0.363. The number of amides is 2. The van der Waals surface area contributed by atoms with Crippen LogP contribution >= 0.6 is 0 Å². The number of anilines is 2. The van der Waals surface area contributed by atoms with Crippen LogP contribution in [0.15, 0.2) is 30.3 Å². The lowest BCUT2D eigenvalue weighted by atomic mass is 10.1. The molecule has 2 aliphatic rings. The van der Waals surface area contributed by atoms with Crippen LogP contribution in [-0.4, -0.2) is 67.7 Å². The fraction of sp³-hybridized carbons (Fsp3) is 0.478. The number of aliphatic hydroxyl groups is 1. The first-order valence-electron chi connectivity index (χ1n) is 11.4. The number of aromatic nitrogens is 2. The number of nitrogens with zero attached hydrogens (tertiary/aromatic N) is 4. The molecule has 186 valence electrons. The van der Waals surface area contributed by atoms with Gasteiger partial charge in [-0.15, -0.1) is 0 Å². The van der Waals surface area contributed by atoms with Gasteiger partial charge in [0, 0.05) is 30.5 Å². The van der Waals surface area contributed by atoms with E-state index in [4.69, 9.17) is 20.0 Å². The Bertz CT molecular complexity index is 1220. The van der Waals surface area contributed by atoms with E-state index in [1.807, 2.05) is 12.2 Å². The van der Waals surface area contributed by atoms with Crippen molar-refractivity contribution in [2.45, 2.75) is 37.0 Å². The monoisotopic (exact) mass is 500 g/mol. The zero-order valence-electron chi connectivity index (χ0n) is 19.4. The van der Waals surface area contributed by atoms with Crippen molar-refractivity contribution in [1.82, 2.24) is 15.3 Å². The number of carbonyl (C=O) groups excluding carboxylic acids is 1. The molecule has 1 atom stereocenters. The van der Waals surface area contributed by atoms with Crippen molar-refractivity contribution >= 4 is 27.4 Å². The molecule has 35 heavy (non-hydrogen) atoms. The number of ether oxygens (including phenoxy) is 1. The Balaban J connectivity index is 1.73. The molecular weight excluding hydrogens is 472 g/mol. The van der Waals surface area contributed by atoms with Crippen LogP contribution in [0.2, 0.25) is 0 Å². The van der Waals surface area contributed by atoms with Crippen LogP contribution in [0.25, 0.3) is 11.4 Å². The fourth-order valence-electron chi connectivity index (χ4n) is 4.22. The second-order valence-electron chi connectivity index (χ2n) is 8.71. The minimum atomic E-state index is -3.52. The maximum absolute atomic E-state index is 13.2. The van der Waals surface area contributed by atoms with Gasteiger partial charge in [-0.25, -0.2) is 28.5 Å². The number of carbonyl (C=O) groups is 1. The highest BCUT2D eigenvalue weighted by atomic mass is 32.2. The molecule has 2 amide bonds. The number of benzene rings is 1. The molecular formula is C23H28N6O5S. The summed E-state index contributed by atoms with van der Waals surface area (Å²) in [5.74, 6) is 0.921. The van der Waals surface area contributed by atoms with E-state index in [2.05, 4.69) is 10.2 Å². The molecule has 0 bridgehead atoms. The van der Waals surface area contributed by atoms with Gasteiger partial charge in [-0.3, -0.25) is 0 Å². The second kappa shape index (κ2) is 10.2. The van der Waals surface area contributed by atoms with E-state index in [1.54, 1.807) is 36.5 Å². The van der Waals surface area contributed by atoms with E-state index in [-0.39, 0.29) is 24.8 Å². The van der Waals surface area contributed by atoms with E-state index < -0.39 is 20.6 Å².